The summed E-state index contributed by atoms with van der Waals surface area (Å²) in [6.07, 6.45) is 0. The van der Waals surface area contributed by atoms with Crippen LogP contribution in [0.15, 0.2) is 156 Å². The van der Waals surface area contributed by atoms with E-state index in [1.165, 1.54) is 11.1 Å². The quantitative estimate of drug-likeness (QED) is 0.186. The van der Waals surface area contributed by atoms with Gasteiger partial charge < -0.3 is 0 Å². The minimum Gasteiger partial charge on any atom is -0.295 e. The van der Waals surface area contributed by atoms with Crippen LogP contribution in [0.4, 0.5) is 0 Å². The highest BCUT2D eigenvalue weighted by molar-refractivity contribution is 5.84. The van der Waals surface area contributed by atoms with E-state index in [1.54, 1.807) is 23.2 Å². The molecule has 0 N–H and O–H groups in total. The first-order chi connectivity index (χ1) is 23.5. The number of aromatic nitrogens is 5. The Kier molecular flexibility index (Phi) is 7.31. The molecule has 0 aliphatic rings. The average molecular weight is 622 g/mol. The molecule has 6 nitrogen and oxygen atoms in total. The molecule has 6 aromatic carbocycles. The van der Waals surface area contributed by atoms with Crippen LogP contribution in [0.25, 0.3) is 78.6 Å². The second-order valence-electron chi connectivity index (χ2n) is 11.9. The van der Waals surface area contributed by atoms with Gasteiger partial charge in [-0.25, -0.2) is 19.7 Å². The number of nitrogens with zero attached hydrogens (tertiary/aromatic N) is 5. The largest absolute Gasteiger partial charge is 0.328 e. The van der Waals surface area contributed by atoms with Crippen molar-refractivity contribution in [2.24, 2.45) is 14.1 Å². The molecule has 8 rings (SSSR count). The Balaban J connectivity index is 1.16. The van der Waals surface area contributed by atoms with Gasteiger partial charge in [-0.3, -0.25) is 9.13 Å². The van der Waals surface area contributed by atoms with Crippen LogP contribution in [0.2, 0.25) is 0 Å². The van der Waals surface area contributed by atoms with Gasteiger partial charge in [-0.15, -0.1) is 0 Å². The van der Waals surface area contributed by atoms with Gasteiger partial charge in [0, 0.05) is 30.8 Å². The highest BCUT2D eigenvalue weighted by Gasteiger charge is 2.14. The zero-order valence-corrected chi connectivity index (χ0v) is 26.6. The lowest BCUT2D eigenvalue weighted by molar-refractivity contribution is 0.795. The number of benzene rings is 6. The molecule has 0 spiro atoms. The molecule has 2 heterocycles. The maximum atomic E-state index is 12.5. The Bertz CT molecular complexity index is 2460. The van der Waals surface area contributed by atoms with Crippen LogP contribution < -0.4 is 5.69 Å². The summed E-state index contributed by atoms with van der Waals surface area (Å²) in [6, 6.07) is 51.7. The molecule has 0 bridgehead atoms. The van der Waals surface area contributed by atoms with Crippen molar-refractivity contribution in [2.75, 3.05) is 0 Å². The van der Waals surface area contributed by atoms with E-state index in [0.29, 0.717) is 17.5 Å². The second-order valence-corrected chi connectivity index (χ2v) is 11.9. The van der Waals surface area contributed by atoms with E-state index in [4.69, 9.17) is 15.0 Å². The highest BCUT2D eigenvalue weighted by atomic mass is 16.1. The van der Waals surface area contributed by atoms with Gasteiger partial charge in [0.2, 0.25) is 0 Å². The molecular weight excluding hydrogens is 590 g/mol. The Hall–Kier alpha value is -6.40. The van der Waals surface area contributed by atoms with Crippen molar-refractivity contribution >= 4 is 11.0 Å². The minimum absolute atomic E-state index is 0.0453. The lowest BCUT2D eigenvalue weighted by Crippen LogP contribution is -2.19. The summed E-state index contributed by atoms with van der Waals surface area (Å²) in [5, 5.41) is 0. The first-order valence-corrected chi connectivity index (χ1v) is 15.9. The van der Waals surface area contributed by atoms with Crippen molar-refractivity contribution in [1.82, 2.24) is 24.1 Å². The predicted octanol–water partition coefficient (Wildman–Crippen LogP) is 9.06. The van der Waals surface area contributed by atoms with Gasteiger partial charge in [-0.1, -0.05) is 133 Å². The topological polar surface area (TPSA) is 65.6 Å². The maximum Gasteiger partial charge on any atom is 0.328 e. The normalized spacial score (nSPS) is 11.2. The van der Waals surface area contributed by atoms with Gasteiger partial charge in [-0.05, 0) is 51.6 Å². The summed E-state index contributed by atoms with van der Waals surface area (Å²) in [4.78, 5) is 27.4. The molecule has 2 aromatic heterocycles. The van der Waals surface area contributed by atoms with Crippen LogP contribution in [0.1, 0.15) is 0 Å². The first kappa shape index (κ1) is 29.0. The smallest absolute Gasteiger partial charge is 0.295 e. The van der Waals surface area contributed by atoms with Gasteiger partial charge >= 0.3 is 5.69 Å². The summed E-state index contributed by atoms with van der Waals surface area (Å²) < 4.78 is 3.35. The molecule has 0 radical (unpaired) electrons. The monoisotopic (exact) mass is 621 g/mol. The molecule has 8 aromatic rings. The van der Waals surface area contributed by atoms with E-state index >= 15 is 0 Å². The van der Waals surface area contributed by atoms with Crippen LogP contribution in [-0.4, -0.2) is 24.1 Å². The van der Waals surface area contributed by atoms with Crippen molar-refractivity contribution < 1.29 is 0 Å². The average Bonchev–Trinajstić information content (AvgIpc) is 3.38. The number of hydrogen-bond donors (Lipinski definition) is 0. The van der Waals surface area contributed by atoms with Crippen LogP contribution in [-0.2, 0) is 14.1 Å². The number of aryl methyl sites for hydroxylation is 2. The Morgan fingerprint density at radius 2 is 0.729 bits per heavy atom. The van der Waals surface area contributed by atoms with Crippen molar-refractivity contribution in [3.8, 4) is 67.5 Å². The predicted molar refractivity (Wildman–Crippen MR) is 194 cm³/mol. The van der Waals surface area contributed by atoms with E-state index < -0.39 is 0 Å². The fraction of sp³-hybridized carbons (Fsp3) is 0.0476. The van der Waals surface area contributed by atoms with Crippen molar-refractivity contribution in [2.45, 2.75) is 0 Å². The fourth-order valence-corrected chi connectivity index (χ4v) is 6.17. The zero-order chi connectivity index (χ0) is 32.6. The molecular formula is C42H31N5O. The van der Waals surface area contributed by atoms with Gasteiger partial charge in [0.15, 0.2) is 17.5 Å². The first-order valence-electron chi connectivity index (χ1n) is 15.9. The molecule has 0 atom stereocenters. The summed E-state index contributed by atoms with van der Waals surface area (Å²) in [6.45, 7) is 0. The van der Waals surface area contributed by atoms with E-state index in [2.05, 4.69) is 91.0 Å². The third kappa shape index (κ3) is 5.39. The van der Waals surface area contributed by atoms with Gasteiger partial charge in [0.05, 0.1) is 11.0 Å². The summed E-state index contributed by atoms with van der Waals surface area (Å²) >= 11 is 0. The zero-order valence-electron chi connectivity index (χ0n) is 26.6. The molecule has 0 fully saturated rings. The summed E-state index contributed by atoms with van der Waals surface area (Å²) in [5.41, 5.74) is 11.1. The standard InChI is InChI=1S/C42H31N5O/c1-46-37-25-24-35(27-38(37)47(2)42(46)48)34-14-9-15-36(26-34)41-44-39(32-12-7-4-8-13-32)43-40(45-41)33-22-20-31(21-23-33)30-18-16-29(17-19-30)28-10-5-3-6-11-28/h3-27H,1-2H3. The molecule has 0 amide bonds. The van der Waals surface area contributed by atoms with Crippen molar-refractivity contribution in [3.05, 3.63) is 162 Å². The number of fused-ring (bicyclic) bond motifs is 1. The molecule has 0 unspecified atom stereocenters. The van der Waals surface area contributed by atoms with Gasteiger partial charge in [0.1, 0.15) is 0 Å². The fourth-order valence-electron chi connectivity index (χ4n) is 6.17. The van der Waals surface area contributed by atoms with Crippen LogP contribution in [0.5, 0.6) is 0 Å². The highest BCUT2D eigenvalue weighted by Crippen LogP contribution is 2.31. The summed E-state index contributed by atoms with van der Waals surface area (Å²) in [5.74, 6) is 1.81. The second kappa shape index (κ2) is 12.1. The molecule has 0 saturated carbocycles. The maximum absolute atomic E-state index is 12.5. The number of rotatable bonds is 6. The van der Waals surface area contributed by atoms with Crippen molar-refractivity contribution in [3.63, 3.8) is 0 Å². The Morgan fingerprint density at radius 1 is 0.354 bits per heavy atom. The van der Waals surface area contributed by atoms with E-state index in [1.807, 2.05) is 60.7 Å². The Labute approximate surface area is 278 Å². The van der Waals surface area contributed by atoms with Gasteiger partial charge in [-0.2, -0.15) is 0 Å². The van der Waals surface area contributed by atoms with Gasteiger partial charge in [0.25, 0.3) is 0 Å². The molecule has 6 heteroatoms. The van der Waals surface area contributed by atoms with E-state index in [9.17, 15) is 4.79 Å². The SMILES string of the molecule is Cn1c(=O)n(C)c2cc(-c3cccc(-c4nc(-c5ccccc5)nc(-c5ccc(-c6ccc(-c7ccccc7)cc6)cc5)n4)c3)ccc21. The van der Waals surface area contributed by atoms with Crippen LogP contribution in [0.3, 0.4) is 0 Å². The Morgan fingerprint density at radius 3 is 1.31 bits per heavy atom. The third-order valence-corrected chi connectivity index (χ3v) is 8.86. The summed E-state index contributed by atoms with van der Waals surface area (Å²) in [7, 11) is 3.60. The third-order valence-electron chi connectivity index (χ3n) is 8.86. The molecule has 0 saturated heterocycles. The minimum atomic E-state index is -0.0453. The lowest BCUT2D eigenvalue weighted by Gasteiger charge is -2.10. The molecule has 0 aliphatic heterocycles. The van der Waals surface area contributed by atoms with E-state index in [-0.39, 0.29) is 5.69 Å². The molecule has 0 aliphatic carbocycles. The molecule has 48 heavy (non-hydrogen) atoms. The van der Waals surface area contributed by atoms with Crippen LogP contribution >= 0.6 is 0 Å². The number of hydrogen-bond acceptors (Lipinski definition) is 4. The van der Waals surface area contributed by atoms with Crippen molar-refractivity contribution in [1.29, 1.82) is 0 Å². The van der Waals surface area contributed by atoms with E-state index in [0.717, 1.165) is 50.0 Å². The van der Waals surface area contributed by atoms with Crippen LogP contribution in [0, 0.1) is 0 Å². The number of imidazole rings is 1. The molecule has 230 valence electrons. The lowest BCUT2D eigenvalue weighted by atomic mass is 9.99.